The topological polar surface area (TPSA) is 57.6 Å². The van der Waals surface area contributed by atoms with Crippen LogP contribution in [0, 0.1) is 5.82 Å². The summed E-state index contributed by atoms with van der Waals surface area (Å²) in [6.45, 7) is 0.457. The molecule has 0 aliphatic carbocycles. The highest BCUT2D eigenvalue weighted by Crippen LogP contribution is 2.29. The number of aliphatic carboxylic acids is 1. The molecule has 1 aromatic heterocycles. The molecule has 0 unspecified atom stereocenters. The average Bonchev–Trinajstić information content (AvgIpc) is 3.03. The number of carbonyl (C=O) groups is 2. The lowest BCUT2D eigenvalue weighted by Crippen LogP contribution is -2.40. The van der Waals surface area contributed by atoms with E-state index >= 15 is 0 Å². The zero-order valence-corrected chi connectivity index (χ0v) is 11.3. The molecular weight excluding hydrogens is 281 g/mol. The molecule has 0 radical (unpaired) electrons. The number of rotatable bonds is 2. The van der Waals surface area contributed by atoms with Gasteiger partial charge in [0.25, 0.3) is 5.91 Å². The molecule has 0 bridgehead atoms. The molecule has 1 aliphatic rings. The summed E-state index contributed by atoms with van der Waals surface area (Å²) in [7, 11) is 0. The summed E-state index contributed by atoms with van der Waals surface area (Å²) in [6, 6.07) is 5.30. The van der Waals surface area contributed by atoms with Gasteiger partial charge in [-0.3, -0.25) is 4.79 Å². The molecule has 1 saturated heterocycles. The van der Waals surface area contributed by atoms with Gasteiger partial charge in [-0.05, 0) is 36.4 Å². The molecule has 20 heavy (non-hydrogen) atoms. The molecule has 2 heterocycles. The Balaban J connectivity index is 1.94. The Morgan fingerprint density at radius 3 is 2.90 bits per heavy atom. The first-order chi connectivity index (χ1) is 9.56. The Bertz CT molecular complexity index is 697. The molecule has 0 saturated carbocycles. The van der Waals surface area contributed by atoms with Gasteiger partial charge >= 0.3 is 5.97 Å². The Labute approximate surface area is 118 Å². The number of carboxylic acids is 1. The molecule has 1 fully saturated rings. The van der Waals surface area contributed by atoms with Crippen molar-refractivity contribution < 1.29 is 19.1 Å². The molecule has 104 valence electrons. The second-order valence-corrected chi connectivity index (χ2v) is 5.87. The maximum Gasteiger partial charge on any atom is 0.326 e. The van der Waals surface area contributed by atoms with E-state index in [0.717, 1.165) is 5.39 Å². The van der Waals surface area contributed by atoms with Crippen LogP contribution in [0.1, 0.15) is 22.5 Å². The average molecular weight is 293 g/mol. The van der Waals surface area contributed by atoms with Crippen LogP contribution >= 0.6 is 11.3 Å². The third-order valence-corrected chi connectivity index (χ3v) is 4.58. The fourth-order valence-electron chi connectivity index (χ4n) is 2.52. The van der Waals surface area contributed by atoms with Crippen molar-refractivity contribution >= 4 is 33.3 Å². The highest BCUT2D eigenvalue weighted by molar-refractivity contribution is 7.20. The van der Waals surface area contributed by atoms with Crippen LogP contribution in [-0.4, -0.2) is 34.5 Å². The fraction of sp³-hybridized carbons (Fsp3) is 0.286. The van der Waals surface area contributed by atoms with Crippen molar-refractivity contribution in [1.29, 1.82) is 0 Å². The number of halogens is 1. The second-order valence-electron chi connectivity index (χ2n) is 4.79. The van der Waals surface area contributed by atoms with Crippen molar-refractivity contribution in [1.82, 2.24) is 4.90 Å². The van der Waals surface area contributed by atoms with Crippen LogP contribution in [0.4, 0.5) is 4.39 Å². The first-order valence-corrected chi connectivity index (χ1v) is 7.11. The SMILES string of the molecule is O=C(O)[C@@H]1CCCN1C(=O)c1cc2ccc(F)cc2s1. The zero-order valence-electron chi connectivity index (χ0n) is 10.5. The second kappa shape index (κ2) is 4.86. The predicted octanol–water partition coefficient (Wildman–Crippen LogP) is 2.73. The highest BCUT2D eigenvalue weighted by Gasteiger charge is 2.34. The lowest BCUT2D eigenvalue weighted by molar-refractivity contribution is -0.141. The Kier molecular flexibility index (Phi) is 3.17. The van der Waals surface area contributed by atoms with Gasteiger partial charge < -0.3 is 10.0 Å². The summed E-state index contributed by atoms with van der Waals surface area (Å²) in [5.74, 6) is -1.59. The normalized spacial score (nSPS) is 18.6. The van der Waals surface area contributed by atoms with E-state index in [1.54, 1.807) is 12.1 Å². The van der Waals surface area contributed by atoms with Crippen molar-refractivity contribution in [3.05, 3.63) is 35.0 Å². The number of hydrogen-bond acceptors (Lipinski definition) is 3. The third-order valence-electron chi connectivity index (χ3n) is 3.49. The molecule has 4 nitrogen and oxygen atoms in total. The lowest BCUT2D eigenvalue weighted by Gasteiger charge is -2.20. The number of nitrogens with zero attached hydrogens (tertiary/aromatic N) is 1. The van der Waals surface area contributed by atoms with Crippen LogP contribution in [-0.2, 0) is 4.79 Å². The maximum absolute atomic E-state index is 13.1. The maximum atomic E-state index is 13.1. The quantitative estimate of drug-likeness (QED) is 0.926. The number of carbonyl (C=O) groups excluding carboxylic acids is 1. The first-order valence-electron chi connectivity index (χ1n) is 6.29. The molecular formula is C14H12FNO3S. The number of thiophene rings is 1. The Morgan fingerprint density at radius 1 is 1.35 bits per heavy atom. The summed E-state index contributed by atoms with van der Waals surface area (Å²) in [4.78, 5) is 25.4. The van der Waals surface area contributed by atoms with E-state index in [-0.39, 0.29) is 11.7 Å². The van der Waals surface area contributed by atoms with Gasteiger partial charge in [0.05, 0.1) is 4.88 Å². The van der Waals surface area contributed by atoms with Crippen molar-refractivity contribution in [2.24, 2.45) is 0 Å². The van der Waals surface area contributed by atoms with Crippen LogP contribution in [0.25, 0.3) is 10.1 Å². The molecule has 1 aliphatic heterocycles. The summed E-state index contributed by atoms with van der Waals surface area (Å²) < 4.78 is 13.8. The predicted molar refractivity (Wildman–Crippen MR) is 73.5 cm³/mol. The van der Waals surface area contributed by atoms with Crippen molar-refractivity contribution in [2.75, 3.05) is 6.54 Å². The van der Waals surface area contributed by atoms with Crippen molar-refractivity contribution in [3.63, 3.8) is 0 Å². The van der Waals surface area contributed by atoms with Gasteiger partial charge in [0.15, 0.2) is 0 Å². The van der Waals surface area contributed by atoms with Crippen molar-refractivity contribution in [3.8, 4) is 0 Å². The number of carboxylic acid groups (broad SMARTS) is 1. The van der Waals surface area contributed by atoms with E-state index in [9.17, 15) is 14.0 Å². The van der Waals surface area contributed by atoms with Gasteiger partial charge in [0, 0.05) is 11.2 Å². The summed E-state index contributed by atoms with van der Waals surface area (Å²) in [6.07, 6.45) is 1.18. The number of likely N-dealkylation sites (tertiary alicyclic amines) is 1. The monoisotopic (exact) mass is 293 g/mol. The van der Waals surface area contributed by atoms with E-state index in [4.69, 9.17) is 5.11 Å². The standard InChI is InChI=1S/C14H12FNO3S/c15-9-4-3-8-6-12(20-11(8)7-9)13(17)16-5-1-2-10(16)14(18)19/h3-4,6-7,10H,1-2,5H2,(H,18,19)/t10-/m0/s1. The van der Waals surface area contributed by atoms with Crippen LogP contribution in [0.2, 0.25) is 0 Å². The van der Waals surface area contributed by atoms with E-state index in [1.807, 2.05) is 0 Å². The van der Waals surface area contributed by atoms with E-state index in [2.05, 4.69) is 0 Å². The lowest BCUT2D eigenvalue weighted by atomic mass is 10.2. The third kappa shape index (κ3) is 2.16. The van der Waals surface area contributed by atoms with Gasteiger partial charge in [-0.25, -0.2) is 9.18 Å². The van der Waals surface area contributed by atoms with Crippen molar-refractivity contribution in [2.45, 2.75) is 18.9 Å². The van der Waals surface area contributed by atoms with Gasteiger partial charge in [-0.1, -0.05) is 6.07 Å². The smallest absolute Gasteiger partial charge is 0.326 e. The van der Waals surface area contributed by atoms with E-state index in [0.29, 0.717) is 29.0 Å². The molecule has 1 amide bonds. The fourth-order valence-corrected chi connectivity index (χ4v) is 3.56. The number of amides is 1. The molecule has 6 heteroatoms. The molecule has 0 spiro atoms. The van der Waals surface area contributed by atoms with Crippen LogP contribution < -0.4 is 0 Å². The number of benzene rings is 1. The first kappa shape index (κ1) is 13.1. The minimum atomic E-state index is -0.969. The summed E-state index contributed by atoms with van der Waals surface area (Å²) >= 11 is 1.20. The zero-order chi connectivity index (χ0) is 14.3. The Morgan fingerprint density at radius 2 is 2.15 bits per heavy atom. The molecule has 2 aromatic rings. The van der Waals surface area contributed by atoms with Crippen LogP contribution in [0.5, 0.6) is 0 Å². The largest absolute Gasteiger partial charge is 0.480 e. The minimum absolute atomic E-state index is 0.281. The van der Waals surface area contributed by atoms with Gasteiger partial charge in [0.2, 0.25) is 0 Å². The van der Waals surface area contributed by atoms with E-state index in [1.165, 1.54) is 28.4 Å². The molecule has 1 N–H and O–H groups in total. The number of hydrogen-bond donors (Lipinski definition) is 1. The van der Waals surface area contributed by atoms with Gasteiger partial charge in [-0.15, -0.1) is 11.3 Å². The van der Waals surface area contributed by atoms with Gasteiger partial charge in [-0.2, -0.15) is 0 Å². The molecule has 1 atom stereocenters. The minimum Gasteiger partial charge on any atom is -0.480 e. The van der Waals surface area contributed by atoms with Crippen LogP contribution in [0.3, 0.4) is 0 Å². The molecule has 1 aromatic carbocycles. The summed E-state index contributed by atoms with van der Waals surface area (Å²) in [5, 5.41) is 9.91. The Hall–Kier alpha value is -1.95. The highest BCUT2D eigenvalue weighted by atomic mass is 32.1. The number of fused-ring (bicyclic) bond motifs is 1. The van der Waals surface area contributed by atoms with Gasteiger partial charge in [0.1, 0.15) is 11.9 Å². The van der Waals surface area contributed by atoms with Crippen LogP contribution in [0.15, 0.2) is 24.3 Å². The van der Waals surface area contributed by atoms with E-state index < -0.39 is 12.0 Å². The summed E-state index contributed by atoms with van der Waals surface area (Å²) in [5.41, 5.74) is 0. The molecule has 3 rings (SSSR count).